The lowest BCUT2D eigenvalue weighted by molar-refractivity contribution is -0.142. The lowest BCUT2D eigenvalue weighted by atomic mass is 9.90. The van der Waals surface area contributed by atoms with Crippen LogP contribution in [-0.2, 0) is 9.59 Å². The molecule has 16 heavy (non-hydrogen) atoms. The van der Waals surface area contributed by atoms with Gasteiger partial charge in [-0.3, -0.25) is 14.5 Å². The normalized spacial score (nSPS) is 24.3. The van der Waals surface area contributed by atoms with E-state index in [4.69, 9.17) is 0 Å². The number of carbonyl (C=O) groups excluding carboxylic acids is 2. The lowest BCUT2D eigenvalue weighted by Crippen LogP contribution is -2.50. The first kappa shape index (κ1) is 10.9. The molecule has 2 amide bonds. The van der Waals surface area contributed by atoms with Crippen molar-refractivity contribution in [2.75, 3.05) is 0 Å². The molecular weight excluding hydrogens is 204 g/mol. The number of imide groups is 1. The first-order valence-corrected chi connectivity index (χ1v) is 5.67. The molecule has 4 heteroatoms. The SMILES string of the molecule is N#CC1(N2C(=O)C=CC2=O)CCCCCC1. The molecule has 0 bridgehead atoms. The number of nitrogens with zero attached hydrogens (tertiary/aromatic N) is 2. The Hall–Kier alpha value is -1.63. The summed E-state index contributed by atoms with van der Waals surface area (Å²) in [6.45, 7) is 0. The molecule has 1 aliphatic carbocycles. The van der Waals surface area contributed by atoms with Crippen LogP contribution in [0.3, 0.4) is 0 Å². The van der Waals surface area contributed by atoms with Crippen LogP contribution in [0, 0.1) is 11.3 Å². The van der Waals surface area contributed by atoms with Crippen LogP contribution >= 0.6 is 0 Å². The Kier molecular flexibility index (Phi) is 2.78. The topological polar surface area (TPSA) is 61.2 Å². The molecule has 1 saturated carbocycles. The van der Waals surface area contributed by atoms with E-state index in [2.05, 4.69) is 6.07 Å². The van der Waals surface area contributed by atoms with E-state index in [1.54, 1.807) is 0 Å². The number of nitriles is 1. The summed E-state index contributed by atoms with van der Waals surface area (Å²) in [5.41, 5.74) is -0.895. The zero-order valence-electron chi connectivity index (χ0n) is 9.11. The molecule has 2 aliphatic rings. The van der Waals surface area contributed by atoms with Gasteiger partial charge in [0.25, 0.3) is 11.8 Å². The third-order valence-electron chi connectivity index (χ3n) is 3.38. The predicted octanol–water partition coefficient (Wildman–Crippen LogP) is 1.53. The van der Waals surface area contributed by atoms with E-state index >= 15 is 0 Å². The standard InChI is InChI=1S/C12H14N2O2/c13-9-12(7-3-1-2-4-8-12)14-10(15)5-6-11(14)16/h5-6H,1-4,7-8H2. The molecule has 84 valence electrons. The minimum absolute atomic E-state index is 0.339. The van der Waals surface area contributed by atoms with Crippen LogP contribution in [0.1, 0.15) is 38.5 Å². The van der Waals surface area contributed by atoms with E-state index in [1.165, 1.54) is 12.2 Å². The Morgan fingerprint density at radius 1 is 1.06 bits per heavy atom. The molecule has 0 aromatic heterocycles. The van der Waals surface area contributed by atoms with E-state index < -0.39 is 5.54 Å². The van der Waals surface area contributed by atoms with Crippen molar-refractivity contribution in [1.82, 2.24) is 4.90 Å². The maximum atomic E-state index is 11.6. The highest BCUT2D eigenvalue weighted by Crippen LogP contribution is 2.33. The second-order valence-corrected chi connectivity index (χ2v) is 4.40. The maximum Gasteiger partial charge on any atom is 0.254 e. The number of hydrogen-bond acceptors (Lipinski definition) is 3. The molecule has 0 spiro atoms. The molecule has 1 fully saturated rings. The van der Waals surface area contributed by atoms with E-state index in [1.807, 2.05) is 0 Å². The maximum absolute atomic E-state index is 11.6. The van der Waals surface area contributed by atoms with Gasteiger partial charge in [0.1, 0.15) is 5.54 Å². The van der Waals surface area contributed by atoms with Gasteiger partial charge in [0, 0.05) is 12.2 Å². The summed E-state index contributed by atoms with van der Waals surface area (Å²) in [5, 5.41) is 9.34. The summed E-state index contributed by atoms with van der Waals surface area (Å²) in [7, 11) is 0. The van der Waals surface area contributed by atoms with E-state index in [-0.39, 0.29) is 11.8 Å². The average Bonchev–Trinajstić information content (AvgIpc) is 2.54. The van der Waals surface area contributed by atoms with Crippen LogP contribution < -0.4 is 0 Å². The Morgan fingerprint density at radius 3 is 2.00 bits per heavy atom. The van der Waals surface area contributed by atoms with E-state index in [0.29, 0.717) is 12.8 Å². The molecule has 2 rings (SSSR count). The largest absolute Gasteiger partial charge is 0.269 e. The summed E-state index contributed by atoms with van der Waals surface area (Å²) >= 11 is 0. The average molecular weight is 218 g/mol. The number of rotatable bonds is 1. The molecule has 0 aromatic rings. The predicted molar refractivity (Wildman–Crippen MR) is 57.0 cm³/mol. The number of amides is 2. The highest BCUT2D eigenvalue weighted by Gasteiger charge is 2.44. The van der Waals surface area contributed by atoms with Crippen LogP contribution in [0.2, 0.25) is 0 Å². The highest BCUT2D eigenvalue weighted by atomic mass is 16.2. The van der Waals surface area contributed by atoms with Gasteiger partial charge in [0.2, 0.25) is 0 Å². The smallest absolute Gasteiger partial charge is 0.254 e. The molecular formula is C12H14N2O2. The van der Waals surface area contributed by atoms with Crippen LogP contribution in [0.5, 0.6) is 0 Å². The van der Waals surface area contributed by atoms with Gasteiger partial charge in [-0.2, -0.15) is 5.26 Å². The van der Waals surface area contributed by atoms with Gasteiger partial charge < -0.3 is 0 Å². The number of hydrogen-bond donors (Lipinski definition) is 0. The fourth-order valence-corrected chi connectivity index (χ4v) is 2.52. The van der Waals surface area contributed by atoms with Crippen molar-refractivity contribution in [2.24, 2.45) is 0 Å². The van der Waals surface area contributed by atoms with Gasteiger partial charge in [-0.05, 0) is 12.8 Å². The van der Waals surface area contributed by atoms with Crippen molar-refractivity contribution in [3.63, 3.8) is 0 Å². The van der Waals surface area contributed by atoms with Crippen LogP contribution in [0.4, 0.5) is 0 Å². The highest BCUT2D eigenvalue weighted by molar-refractivity contribution is 6.13. The van der Waals surface area contributed by atoms with Gasteiger partial charge in [-0.1, -0.05) is 25.7 Å². The van der Waals surface area contributed by atoms with Gasteiger partial charge >= 0.3 is 0 Å². The molecule has 0 unspecified atom stereocenters. The molecule has 4 nitrogen and oxygen atoms in total. The zero-order chi connectivity index (χ0) is 11.6. The third-order valence-corrected chi connectivity index (χ3v) is 3.38. The monoisotopic (exact) mass is 218 g/mol. The van der Waals surface area contributed by atoms with Crippen molar-refractivity contribution in [3.05, 3.63) is 12.2 Å². The molecule has 0 aromatic carbocycles. The van der Waals surface area contributed by atoms with Gasteiger partial charge in [-0.25, -0.2) is 0 Å². The van der Waals surface area contributed by atoms with Crippen molar-refractivity contribution in [3.8, 4) is 6.07 Å². The van der Waals surface area contributed by atoms with Crippen molar-refractivity contribution < 1.29 is 9.59 Å². The van der Waals surface area contributed by atoms with Crippen LogP contribution in [0.15, 0.2) is 12.2 Å². The second kappa shape index (κ2) is 4.09. The number of carbonyl (C=O) groups is 2. The van der Waals surface area contributed by atoms with Gasteiger partial charge in [-0.15, -0.1) is 0 Å². The molecule has 0 N–H and O–H groups in total. The Bertz CT molecular complexity index is 366. The Balaban J connectivity index is 2.30. The first-order chi connectivity index (χ1) is 7.69. The quantitative estimate of drug-likeness (QED) is 0.495. The van der Waals surface area contributed by atoms with Gasteiger partial charge in [0.15, 0.2) is 0 Å². The summed E-state index contributed by atoms with van der Waals surface area (Å²) in [5.74, 6) is -0.679. The fourth-order valence-electron chi connectivity index (χ4n) is 2.52. The summed E-state index contributed by atoms with van der Waals surface area (Å²) in [6.07, 6.45) is 7.71. The molecule has 1 heterocycles. The van der Waals surface area contributed by atoms with Crippen molar-refractivity contribution >= 4 is 11.8 Å². The van der Waals surface area contributed by atoms with E-state index in [9.17, 15) is 14.9 Å². The first-order valence-electron chi connectivity index (χ1n) is 5.67. The zero-order valence-corrected chi connectivity index (χ0v) is 9.11. The third kappa shape index (κ3) is 1.63. The van der Waals surface area contributed by atoms with E-state index in [0.717, 1.165) is 30.6 Å². The fraction of sp³-hybridized carbons (Fsp3) is 0.583. The summed E-state index contributed by atoms with van der Waals surface area (Å²) < 4.78 is 0. The molecule has 0 radical (unpaired) electrons. The molecule has 1 aliphatic heterocycles. The summed E-state index contributed by atoms with van der Waals surface area (Å²) in [6, 6.07) is 2.20. The van der Waals surface area contributed by atoms with Crippen LogP contribution in [-0.4, -0.2) is 22.3 Å². The Labute approximate surface area is 94.5 Å². The van der Waals surface area contributed by atoms with Gasteiger partial charge in [0.05, 0.1) is 6.07 Å². The minimum Gasteiger partial charge on any atom is -0.269 e. The summed E-state index contributed by atoms with van der Waals surface area (Å²) in [4.78, 5) is 24.4. The lowest BCUT2D eigenvalue weighted by Gasteiger charge is -2.33. The minimum atomic E-state index is -0.895. The van der Waals surface area contributed by atoms with Crippen molar-refractivity contribution in [2.45, 2.75) is 44.1 Å². The van der Waals surface area contributed by atoms with Crippen molar-refractivity contribution in [1.29, 1.82) is 5.26 Å². The Morgan fingerprint density at radius 2 is 1.56 bits per heavy atom. The van der Waals surface area contributed by atoms with Crippen LogP contribution in [0.25, 0.3) is 0 Å². The molecule has 0 saturated heterocycles. The molecule has 0 atom stereocenters. The second-order valence-electron chi connectivity index (χ2n) is 4.40.